The number of hydrogen-bond donors (Lipinski definition) is 0. The minimum absolute atomic E-state index is 0.294. The van der Waals surface area contributed by atoms with Crippen molar-refractivity contribution in [2.45, 2.75) is 0 Å². The van der Waals surface area contributed by atoms with Gasteiger partial charge < -0.3 is 0 Å². The topological polar surface area (TPSA) is 30.7 Å². The zero-order valence-corrected chi connectivity index (χ0v) is 6.11. The van der Waals surface area contributed by atoms with Crippen LogP contribution in [0.5, 0.6) is 0 Å². The minimum atomic E-state index is -0.294. The molecule has 0 unspecified atom stereocenters. The van der Waals surface area contributed by atoms with Crippen molar-refractivity contribution < 1.29 is 4.39 Å². The molecule has 3 nitrogen and oxygen atoms in total. The fraction of sp³-hybridized carbons (Fsp3) is 0. The van der Waals surface area contributed by atoms with Crippen LogP contribution in [0.4, 0.5) is 4.39 Å². The van der Waals surface area contributed by atoms with E-state index >= 15 is 0 Å². The molecule has 2 rings (SSSR count). The van der Waals surface area contributed by atoms with Gasteiger partial charge in [-0.15, -0.1) is 10.2 Å². The van der Waals surface area contributed by atoms with Gasteiger partial charge in [0.05, 0.1) is 5.69 Å². The molecule has 0 atom stereocenters. The molecule has 0 spiro atoms. The fourth-order valence-corrected chi connectivity index (χ4v) is 0.901. The molecule has 0 amide bonds. The quantitative estimate of drug-likeness (QED) is 0.630. The third-order valence-corrected chi connectivity index (χ3v) is 1.45. The summed E-state index contributed by atoms with van der Waals surface area (Å²) >= 11 is 0. The highest BCUT2D eigenvalue weighted by molar-refractivity contribution is 5.29. The van der Waals surface area contributed by atoms with Crippen molar-refractivity contribution in [2.75, 3.05) is 0 Å². The van der Waals surface area contributed by atoms with Crippen LogP contribution in [0.2, 0.25) is 0 Å². The molecule has 12 heavy (non-hydrogen) atoms. The Kier molecular flexibility index (Phi) is 1.59. The Balaban J connectivity index is 2.48. The molecule has 0 N–H and O–H groups in total. The lowest BCUT2D eigenvalue weighted by Gasteiger charge is -1.98. The summed E-state index contributed by atoms with van der Waals surface area (Å²) < 4.78 is 14.3. The van der Waals surface area contributed by atoms with Gasteiger partial charge >= 0.3 is 0 Å². The van der Waals surface area contributed by atoms with Crippen LogP contribution >= 0.6 is 0 Å². The third kappa shape index (κ3) is 1.18. The zero-order chi connectivity index (χ0) is 8.39. The lowest BCUT2D eigenvalue weighted by Crippen LogP contribution is -1.90. The molecule has 59 valence electrons. The Morgan fingerprint density at radius 3 is 2.75 bits per heavy atom. The molecule has 0 saturated carbocycles. The molecule has 1 radical (unpaired) electrons. The maximum absolute atomic E-state index is 12.7. The van der Waals surface area contributed by atoms with Gasteiger partial charge in [-0.25, -0.2) is 4.39 Å². The van der Waals surface area contributed by atoms with Crippen molar-refractivity contribution in [3.8, 4) is 5.69 Å². The summed E-state index contributed by atoms with van der Waals surface area (Å²) in [4.78, 5) is 0. The van der Waals surface area contributed by atoms with E-state index in [0.717, 1.165) is 0 Å². The Hall–Kier alpha value is -1.71. The number of nitrogens with zero attached hydrogens (tertiary/aromatic N) is 3. The van der Waals surface area contributed by atoms with Gasteiger partial charge in [-0.3, -0.25) is 4.57 Å². The van der Waals surface area contributed by atoms with Crippen LogP contribution in [-0.4, -0.2) is 14.8 Å². The smallest absolute Gasteiger partial charge is 0.125 e. The summed E-state index contributed by atoms with van der Waals surface area (Å²) in [5.41, 5.74) is 0.597. The van der Waals surface area contributed by atoms with E-state index in [2.05, 4.69) is 16.3 Å². The van der Waals surface area contributed by atoms with Crippen molar-refractivity contribution in [1.29, 1.82) is 0 Å². The van der Waals surface area contributed by atoms with Crippen LogP contribution in [0.25, 0.3) is 5.69 Å². The molecule has 0 aliphatic rings. The summed E-state index contributed by atoms with van der Waals surface area (Å²) in [5, 5.41) is 7.20. The first-order chi connectivity index (χ1) is 5.86. The molecule has 0 aliphatic carbocycles. The van der Waals surface area contributed by atoms with E-state index < -0.39 is 0 Å². The van der Waals surface area contributed by atoms with E-state index in [0.29, 0.717) is 5.69 Å². The Labute approximate surface area is 68.5 Å². The Morgan fingerprint density at radius 1 is 1.33 bits per heavy atom. The first-order valence-corrected chi connectivity index (χ1v) is 3.38. The van der Waals surface area contributed by atoms with Gasteiger partial charge in [-0.1, -0.05) is 0 Å². The van der Waals surface area contributed by atoms with Gasteiger partial charge in [0, 0.05) is 6.07 Å². The minimum Gasteiger partial charge on any atom is -0.287 e. The number of halogens is 1. The molecule has 4 heteroatoms. The highest BCUT2D eigenvalue weighted by atomic mass is 19.1. The summed E-state index contributed by atoms with van der Waals surface area (Å²) in [6, 6.07) is 7.08. The SMILES string of the molecule is Fc1cc[c]c(-n2cnnc2)c1. The summed E-state index contributed by atoms with van der Waals surface area (Å²) in [6.07, 6.45) is 2.98. The average molecular weight is 162 g/mol. The maximum Gasteiger partial charge on any atom is 0.125 e. The van der Waals surface area contributed by atoms with Gasteiger partial charge in [0.2, 0.25) is 0 Å². The molecule has 1 aromatic heterocycles. The second-order valence-electron chi connectivity index (χ2n) is 2.26. The first-order valence-electron chi connectivity index (χ1n) is 3.38. The Bertz CT molecular complexity index is 370. The fourth-order valence-electron chi connectivity index (χ4n) is 0.901. The van der Waals surface area contributed by atoms with E-state index in [-0.39, 0.29) is 5.82 Å². The molecule has 0 aliphatic heterocycles. The van der Waals surface area contributed by atoms with E-state index in [1.165, 1.54) is 30.9 Å². The lowest BCUT2D eigenvalue weighted by molar-refractivity contribution is 0.626. The molecular weight excluding hydrogens is 157 g/mol. The molecule has 2 aromatic rings. The van der Waals surface area contributed by atoms with Crippen molar-refractivity contribution in [2.24, 2.45) is 0 Å². The number of aromatic nitrogens is 3. The molecule has 0 fully saturated rings. The summed E-state index contributed by atoms with van der Waals surface area (Å²) in [7, 11) is 0. The van der Waals surface area contributed by atoms with Gasteiger partial charge in [0.15, 0.2) is 0 Å². The molecule has 0 bridgehead atoms. The van der Waals surface area contributed by atoms with Crippen LogP contribution in [0.3, 0.4) is 0 Å². The van der Waals surface area contributed by atoms with Crippen molar-refractivity contribution in [3.05, 3.63) is 42.7 Å². The van der Waals surface area contributed by atoms with Gasteiger partial charge in [-0.05, 0) is 18.2 Å². The van der Waals surface area contributed by atoms with Crippen LogP contribution in [0, 0.1) is 11.9 Å². The van der Waals surface area contributed by atoms with Crippen molar-refractivity contribution >= 4 is 0 Å². The second-order valence-corrected chi connectivity index (χ2v) is 2.26. The van der Waals surface area contributed by atoms with E-state index in [9.17, 15) is 4.39 Å². The largest absolute Gasteiger partial charge is 0.287 e. The number of hydrogen-bond acceptors (Lipinski definition) is 2. The van der Waals surface area contributed by atoms with E-state index in [1.54, 1.807) is 4.57 Å². The highest BCUT2D eigenvalue weighted by Crippen LogP contribution is 2.06. The highest BCUT2D eigenvalue weighted by Gasteiger charge is 1.96. The predicted octanol–water partition coefficient (Wildman–Crippen LogP) is 1.21. The van der Waals surface area contributed by atoms with Gasteiger partial charge in [0.1, 0.15) is 18.5 Å². The van der Waals surface area contributed by atoms with Crippen LogP contribution in [0.1, 0.15) is 0 Å². The van der Waals surface area contributed by atoms with E-state index in [1.807, 2.05) is 0 Å². The Morgan fingerprint density at radius 2 is 2.08 bits per heavy atom. The van der Waals surface area contributed by atoms with Crippen LogP contribution < -0.4 is 0 Å². The van der Waals surface area contributed by atoms with Crippen molar-refractivity contribution in [3.63, 3.8) is 0 Å². The molecular formula is C8H5FN3. The average Bonchev–Trinajstić information content (AvgIpc) is 2.56. The monoisotopic (exact) mass is 162 g/mol. The molecule has 0 saturated heterocycles. The zero-order valence-electron chi connectivity index (χ0n) is 6.11. The standard InChI is InChI=1S/C8H5FN3/c9-7-2-1-3-8(4-7)12-5-10-11-6-12/h1-2,4-6H. The summed E-state index contributed by atoms with van der Waals surface area (Å²) in [6.45, 7) is 0. The molecule has 1 aromatic carbocycles. The predicted molar refractivity (Wildman–Crippen MR) is 40.2 cm³/mol. The van der Waals surface area contributed by atoms with Gasteiger partial charge in [-0.2, -0.15) is 0 Å². The van der Waals surface area contributed by atoms with Crippen LogP contribution in [-0.2, 0) is 0 Å². The van der Waals surface area contributed by atoms with E-state index in [4.69, 9.17) is 0 Å². The lowest BCUT2D eigenvalue weighted by atomic mass is 10.3. The van der Waals surface area contributed by atoms with Gasteiger partial charge in [0.25, 0.3) is 0 Å². The molecule has 1 heterocycles. The number of rotatable bonds is 1. The third-order valence-electron chi connectivity index (χ3n) is 1.45. The number of benzene rings is 1. The summed E-state index contributed by atoms with van der Waals surface area (Å²) in [5.74, 6) is -0.294. The van der Waals surface area contributed by atoms with Crippen LogP contribution in [0.15, 0.2) is 30.9 Å². The second kappa shape index (κ2) is 2.73. The first kappa shape index (κ1) is 6.97. The normalized spacial score (nSPS) is 10.1. The maximum atomic E-state index is 12.7. The van der Waals surface area contributed by atoms with Crippen molar-refractivity contribution in [1.82, 2.24) is 14.8 Å².